The molecular formula is C16H16BrN3O4. The molecule has 0 atom stereocenters. The van der Waals surface area contributed by atoms with Gasteiger partial charge in [-0.3, -0.25) is 4.68 Å². The van der Waals surface area contributed by atoms with E-state index in [2.05, 4.69) is 35.8 Å². The summed E-state index contributed by atoms with van der Waals surface area (Å²) < 4.78 is 11.8. The molecule has 1 aromatic carbocycles. The lowest BCUT2D eigenvalue weighted by Crippen LogP contribution is -2.15. The average molecular weight is 394 g/mol. The molecule has 0 radical (unpaired) electrons. The van der Waals surface area contributed by atoms with Crippen molar-refractivity contribution in [1.29, 1.82) is 0 Å². The first kappa shape index (κ1) is 17.7. The van der Waals surface area contributed by atoms with Crippen LogP contribution in [0, 0.1) is 0 Å². The summed E-state index contributed by atoms with van der Waals surface area (Å²) in [6.45, 7) is 0. The Balaban J connectivity index is 2.35. The predicted molar refractivity (Wildman–Crippen MR) is 92.1 cm³/mol. The van der Waals surface area contributed by atoms with Crippen LogP contribution in [0.2, 0.25) is 0 Å². The number of hydrogen-bond acceptors (Lipinski definition) is 6. The molecule has 0 saturated heterocycles. The molecule has 2 aromatic rings. The van der Waals surface area contributed by atoms with E-state index in [0.29, 0.717) is 5.69 Å². The summed E-state index contributed by atoms with van der Waals surface area (Å²) in [5.74, 6) is -1.33. The van der Waals surface area contributed by atoms with Gasteiger partial charge in [-0.2, -0.15) is 5.10 Å². The number of aryl methyl sites for hydroxylation is 1. The van der Waals surface area contributed by atoms with Crippen LogP contribution in [-0.2, 0) is 26.1 Å². The van der Waals surface area contributed by atoms with Crippen molar-refractivity contribution in [3.8, 4) is 11.3 Å². The number of rotatable bonds is 5. The highest BCUT2D eigenvalue weighted by Crippen LogP contribution is 2.29. The van der Waals surface area contributed by atoms with Gasteiger partial charge in [0.05, 0.1) is 36.7 Å². The summed E-state index contributed by atoms with van der Waals surface area (Å²) in [5, 5.41) is 7.05. The number of carbonyl (C=O) groups is 2. The van der Waals surface area contributed by atoms with E-state index < -0.39 is 11.9 Å². The summed E-state index contributed by atoms with van der Waals surface area (Å²) in [6.07, 6.45) is 2.74. The number of aromatic nitrogens is 2. The van der Waals surface area contributed by atoms with Crippen LogP contribution in [0.1, 0.15) is 0 Å². The first-order chi connectivity index (χ1) is 11.5. The Bertz CT molecular complexity index is 779. The standard InChI is InChI=1S/C16H16BrN3O4/c1-20-15(12(17)9-18-20)10-5-4-6-11(7-10)19-13(16(22)24-3)8-14(21)23-2/h4-9,19H,1-3H3/b13-8+. The smallest absolute Gasteiger partial charge is 0.354 e. The Hall–Kier alpha value is -2.61. The van der Waals surface area contributed by atoms with Gasteiger partial charge in [0.25, 0.3) is 0 Å². The van der Waals surface area contributed by atoms with E-state index in [1.807, 2.05) is 25.2 Å². The number of ether oxygens (including phenoxy) is 2. The minimum atomic E-state index is -0.674. The Kier molecular flexibility index (Phi) is 5.75. The van der Waals surface area contributed by atoms with Crippen LogP contribution >= 0.6 is 15.9 Å². The lowest BCUT2D eigenvalue weighted by Gasteiger charge is -2.11. The number of methoxy groups -OCH3 is 2. The van der Waals surface area contributed by atoms with Crippen LogP contribution in [0.3, 0.4) is 0 Å². The molecule has 0 amide bonds. The summed E-state index contributed by atoms with van der Waals surface area (Å²) in [4.78, 5) is 23.2. The van der Waals surface area contributed by atoms with Crippen molar-refractivity contribution in [3.05, 3.63) is 46.7 Å². The van der Waals surface area contributed by atoms with Crippen molar-refractivity contribution in [2.24, 2.45) is 7.05 Å². The monoisotopic (exact) mass is 393 g/mol. The third kappa shape index (κ3) is 4.02. The molecular weight excluding hydrogens is 378 g/mol. The van der Waals surface area contributed by atoms with Crippen molar-refractivity contribution in [3.63, 3.8) is 0 Å². The Morgan fingerprint density at radius 3 is 2.62 bits per heavy atom. The Morgan fingerprint density at radius 1 is 1.29 bits per heavy atom. The molecule has 0 saturated carbocycles. The third-order valence-electron chi connectivity index (χ3n) is 3.18. The zero-order valence-electron chi connectivity index (χ0n) is 13.4. The van der Waals surface area contributed by atoms with Gasteiger partial charge in [0.1, 0.15) is 5.70 Å². The predicted octanol–water partition coefficient (Wildman–Crippen LogP) is 2.49. The van der Waals surface area contributed by atoms with Gasteiger partial charge >= 0.3 is 11.9 Å². The molecule has 0 aliphatic carbocycles. The number of nitrogens with zero attached hydrogens (tertiary/aromatic N) is 2. The van der Waals surface area contributed by atoms with Crippen molar-refractivity contribution in [2.45, 2.75) is 0 Å². The minimum absolute atomic E-state index is 0.0226. The number of carbonyl (C=O) groups excluding carboxylic acids is 2. The topological polar surface area (TPSA) is 82.5 Å². The fourth-order valence-electron chi connectivity index (χ4n) is 2.07. The van der Waals surface area contributed by atoms with Gasteiger partial charge in [0.15, 0.2) is 0 Å². The van der Waals surface area contributed by atoms with Gasteiger partial charge in [0, 0.05) is 18.3 Å². The highest BCUT2D eigenvalue weighted by molar-refractivity contribution is 9.10. The Labute approximate surface area is 147 Å². The van der Waals surface area contributed by atoms with E-state index in [0.717, 1.165) is 21.8 Å². The first-order valence-electron chi connectivity index (χ1n) is 6.89. The molecule has 1 N–H and O–H groups in total. The highest BCUT2D eigenvalue weighted by atomic mass is 79.9. The lowest BCUT2D eigenvalue weighted by atomic mass is 10.1. The second-order valence-corrected chi connectivity index (χ2v) is 5.60. The fourth-order valence-corrected chi connectivity index (χ4v) is 2.65. The number of hydrogen-bond donors (Lipinski definition) is 1. The van der Waals surface area contributed by atoms with Gasteiger partial charge in [0.2, 0.25) is 0 Å². The molecule has 1 aromatic heterocycles. The van der Waals surface area contributed by atoms with Crippen LogP contribution in [0.4, 0.5) is 5.69 Å². The van der Waals surface area contributed by atoms with Crippen LogP contribution in [0.5, 0.6) is 0 Å². The van der Waals surface area contributed by atoms with Crippen molar-refractivity contribution < 1.29 is 19.1 Å². The maximum atomic E-state index is 11.8. The fraction of sp³-hybridized carbons (Fsp3) is 0.188. The molecule has 0 spiro atoms. The van der Waals surface area contributed by atoms with Crippen LogP contribution in [0.25, 0.3) is 11.3 Å². The highest BCUT2D eigenvalue weighted by Gasteiger charge is 2.14. The van der Waals surface area contributed by atoms with Crippen molar-refractivity contribution >= 4 is 33.6 Å². The largest absolute Gasteiger partial charge is 0.466 e. The van der Waals surface area contributed by atoms with E-state index >= 15 is 0 Å². The summed E-state index contributed by atoms with van der Waals surface area (Å²) in [7, 11) is 4.30. The molecule has 2 rings (SSSR count). The average Bonchev–Trinajstić information content (AvgIpc) is 2.92. The summed E-state index contributed by atoms with van der Waals surface area (Å²) in [6, 6.07) is 7.33. The molecule has 0 fully saturated rings. The van der Waals surface area contributed by atoms with E-state index in [-0.39, 0.29) is 5.70 Å². The van der Waals surface area contributed by atoms with E-state index in [9.17, 15) is 9.59 Å². The second kappa shape index (κ2) is 7.78. The maximum Gasteiger partial charge on any atom is 0.354 e. The number of anilines is 1. The van der Waals surface area contributed by atoms with Gasteiger partial charge in [-0.05, 0) is 28.1 Å². The quantitative estimate of drug-likeness (QED) is 0.620. The SMILES string of the molecule is COC(=O)/C=C(/Nc1cccc(-c2c(Br)cnn2C)c1)C(=O)OC. The Morgan fingerprint density at radius 2 is 2.04 bits per heavy atom. The van der Waals surface area contributed by atoms with E-state index in [4.69, 9.17) is 0 Å². The van der Waals surface area contributed by atoms with Gasteiger partial charge in [-0.15, -0.1) is 0 Å². The van der Waals surface area contributed by atoms with E-state index in [1.54, 1.807) is 16.9 Å². The number of halogens is 1. The third-order valence-corrected chi connectivity index (χ3v) is 3.76. The van der Waals surface area contributed by atoms with Gasteiger partial charge < -0.3 is 14.8 Å². The van der Waals surface area contributed by atoms with Crippen LogP contribution < -0.4 is 5.32 Å². The molecule has 1 heterocycles. The lowest BCUT2D eigenvalue weighted by molar-refractivity contribution is -0.138. The van der Waals surface area contributed by atoms with Crippen LogP contribution in [-0.4, -0.2) is 35.9 Å². The first-order valence-corrected chi connectivity index (χ1v) is 7.68. The normalized spacial score (nSPS) is 11.1. The molecule has 8 heteroatoms. The molecule has 0 bridgehead atoms. The zero-order chi connectivity index (χ0) is 17.7. The maximum absolute atomic E-state index is 11.8. The number of benzene rings is 1. The molecule has 0 unspecified atom stereocenters. The molecule has 7 nitrogen and oxygen atoms in total. The zero-order valence-corrected chi connectivity index (χ0v) is 15.0. The van der Waals surface area contributed by atoms with Gasteiger partial charge in [-0.1, -0.05) is 12.1 Å². The molecule has 24 heavy (non-hydrogen) atoms. The molecule has 0 aliphatic heterocycles. The molecule has 126 valence electrons. The van der Waals surface area contributed by atoms with Crippen molar-refractivity contribution in [1.82, 2.24) is 9.78 Å². The van der Waals surface area contributed by atoms with Crippen molar-refractivity contribution in [2.75, 3.05) is 19.5 Å². The molecule has 0 aliphatic rings. The summed E-state index contributed by atoms with van der Waals surface area (Å²) in [5.41, 5.74) is 2.36. The van der Waals surface area contributed by atoms with Gasteiger partial charge in [-0.25, -0.2) is 9.59 Å². The second-order valence-electron chi connectivity index (χ2n) is 4.74. The number of esters is 2. The van der Waals surface area contributed by atoms with Crippen LogP contribution in [0.15, 0.2) is 46.7 Å². The van der Waals surface area contributed by atoms with E-state index in [1.165, 1.54) is 14.2 Å². The minimum Gasteiger partial charge on any atom is -0.466 e. The summed E-state index contributed by atoms with van der Waals surface area (Å²) >= 11 is 3.46. The number of nitrogens with one attached hydrogen (secondary N) is 1.